The molecule has 162 valence electrons. The molecule has 33 heavy (non-hydrogen) atoms. The number of benzene rings is 2. The van der Waals surface area contributed by atoms with Crippen LogP contribution in [0, 0.1) is 12.1 Å². The van der Waals surface area contributed by atoms with Crippen molar-refractivity contribution in [3.63, 3.8) is 0 Å². The Bertz CT molecular complexity index is 1450. The number of pyridine rings is 1. The van der Waals surface area contributed by atoms with E-state index in [1.807, 2.05) is 54.6 Å². The van der Waals surface area contributed by atoms with Gasteiger partial charge in [-0.3, -0.25) is 4.99 Å². The van der Waals surface area contributed by atoms with Crippen LogP contribution in [0.5, 0.6) is 5.75 Å². The van der Waals surface area contributed by atoms with E-state index in [0.29, 0.717) is 45.2 Å². The van der Waals surface area contributed by atoms with Crippen molar-refractivity contribution in [1.82, 2.24) is 4.98 Å². The van der Waals surface area contributed by atoms with Gasteiger partial charge in [0.1, 0.15) is 23.7 Å². The van der Waals surface area contributed by atoms with E-state index in [-0.39, 0.29) is 5.56 Å². The van der Waals surface area contributed by atoms with Gasteiger partial charge in [0.05, 0.1) is 16.6 Å². The van der Waals surface area contributed by atoms with Gasteiger partial charge in [0.15, 0.2) is 0 Å². The molecule has 0 saturated carbocycles. The van der Waals surface area contributed by atoms with Crippen LogP contribution in [0.15, 0.2) is 65.7 Å². The van der Waals surface area contributed by atoms with Crippen LogP contribution < -0.4 is 20.5 Å². The zero-order valence-electron chi connectivity index (χ0n) is 18.0. The number of para-hydroxylation sites is 2. The van der Waals surface area contributed by atoms with Crippen molar-refractivity contribution in [3.8, 4) is 5.75 Å². The molecule has 0 spiro atoms. The largest absolute Gasteiger partial charge is 0.487 e. The fraction of sp³-hybridized carbons (Fsp3) is 0.0741. The summed E-state index contributed by atoms with van der Waals surface area (Å²) in [6.07, 6.45) is 3.44. The molecule has 3 aromatic carbocycles. The van der Waals surface area contributed by atoms with Crippen molar-refractivity contribution in [3.05, 3.63) is 94.4 Å². The number of aromatic nitrogens is 1. The standard InChI is InChI=1S/C27H21N3O3/c1-18-21-13-12-20(27(31)32)16-24(21)30-26(22(18)14-15-28-2)29-23-10-6-7-11-25(23)33-17-19-8-4-3-5-9-19/h3-11,14-16H,1,17H2,2H3,(H,29,30)(H,31,32)/b22-14+,28-15-. The highest BCUT2D eigenvalue weighted by atomic mass is 16.5. The Kier molecular flexibility index (Phi) is 6.33. The molecule has 4 aromatic rings. The Morgan fingerprint density at radius 1 is 1.18 bits per heavy atom. The minimum absolute atomic E-state index is 0.0150. The number of hydrogen-bond acceptors (Lipinski definition) is 5. The summed E-state index contributed by atoms with van der Waals surface area (Å²) in [6, 6.07) is 24.4. The molecule has 1 aromatic heterocycles. The number of ether oxygens (including phenoxy) is 1. The number of carbonyl (C=O) groups is 1. The van der Waals surface area contributed by atoms with Crippen LogP contribution in [-0.4, -0.2) is 29.3 Å². The highest BCUT2D eigenvalue weighted by Crippen LogP contribution is 2.27. The first kappa shape index (κ1) is 21.6. The number of hydrogen-bond donors (Lipinski definition) is 2. The van der Waals surface area contributed by atoms with Gasteiger partial charge in [-0.1, -0.05) is 61.2 Å². The molecule has 0 atom stereocenters. The molecular weight excluding hydrogens is 414 g/mol. The second-order valence-electron chi connectivity index (χ2n) is 7.20. The van der Waals surface area contributed by atoms with E-state index in [0.717, 1.165) is 5.56 Å². The molecule has 0 aliphatic heterocycles. The van der Waals surface area contributed by atoms with Gasteiger partial charge in [-0.2, -0.15) is 0 Å². The van der Waals surface area contributed by atoms with Crippen LogP contribution in [0.4, 0.5) is 11.5 Å². The molecule has 0 aliphatic rings. The van der Waals surface area contributed by atoms with Gasteiger partial charge in [0.25, 0.3) is 0 Å². The summed E-state index contributed by atoms with van der Waals surface area (Å²) >= 11 is 0. The van der Waals surface area contributed by atoms with Crippen molar-refractivity contribution in [2.45, 2.75) is 6.61 Å². The molecule has 6 heteroatoms. The van der Waals surface area contributed by atoms with Gasteiger partial charge in [0.2, 0.25) is 0 Å². The fourth-order valence-electron chi connectivity index (χ4n) is 3.31. The van der Waals surface area contributed by atoms with E-state index in [9.17, 15) is 9.90 Å². The molecule has 0 saturated heterocycles. The summed E-state index contributed by atoms with van der Waals surface area (Å²) in [5.41, 5.74) is 2.20. The van der Waals surface area contributed by atoms with Crippen molar-refractivity contribution < 1.29 is 14.6 Å². The minimum atomic E-state index is -1.09. The second-order valence-corrected chi connectivity index (χ2v) is 7.20. The molecule has 0 bridgehead atoms. The Morgan fingerprint density at radius 2 is 1.94 bits per heavy atom. The van der Waals surface area contributed by atoms with Crippen molar-refractivity contribution in [1.29, 1.82) is 0 Å². The highest BCUT2D eigenvalue weighted by Gasteiger charge is 2.11. The first-order valence-corrected chi connectivity index (χ1v) is 10.2. The molecule has 0 fully saturated rings. The molecule has 0 amide bonds. The average molecular weight is 435 g/mol. The Balaban J connectivity index is 1.78. The summed E-state index contributed by atoms with van der Waals surface area (Å²) in [5.74, 6) is 0.0609. The molecular formula is C27H21N3O3. The first-order chi connectivity index (χ1) is 16.1. The lowest BCUT2D eigenvalue weighted by atomic mass is 10.1. The van der Waals surface area contributed by atoms with E-state index in [4.69, 9.17) is 4.74 Å². The highest BCUT2D eigenvalue weighted by molar-refractivity contribution is 5.95. The molecule has 0 unspecified atom stereocenters. The third kappa shape index (κ3) is 4.83. The van der Waals surface area contributed by atoms with E-state index >= 15 is 0 Å². The first-order valence-electron chi connectivity index (χ1n) is 10.2. The van der Waals surface area contributed by atoms with Gasteiger partial charge in [-0.25, -0.2) is 9.78 Å². The van der Waals surface area contributed by atoms with Crippen LogP contribution in [0.25, 0.3) is 23.6 Å². The van der Waals surface area contributed by atoms with E-state index in [1.165, 1.54) is 6.07 Å². The van der Waals surface area contributed by atoms with Crippen LogP contribution in [0.2, 0.25) is 0 Å². The quantitative estimate of drug-likeness (QED) is 0.432. The predicted molar refractivity (Wildman–Crippen MR) is 131 cm³/mol. The predicted octanol–water partition coefficient (Wildman–Crippen LogP) is 3.75. The van der Waals surface area contributed by atoms with E-state index < -0.39 is 5.97 Å². The number of nitrogens with one attached hydrogen (secondary N) is 1. The van der Waals surface area contributed by atoms with Gasteiger partial charge in [0, 0.05) is 18.5 Å². The number of carboxylic acid groups (broad SMARTS) is 1. The van der Waals surface area contributed by atoms with Gasteiger partial charge in [-0.15, -0.1) is 0 Å². The molecule has 0 aliphatic carbocycles. The maximum absolute atomic E-state index is 11.4. The summed E-state index contributed by atoms with van der Waals surface area (Å²) in [5, 5.41) is 14.6. The smallest absolute Gasteiger partial charge is 0.344 e. The van der Waals surface area contributed by atoms with Crippen molar-refractivity contribution in [2.75, 3.05) is 12.4 Å². The maximum Gasteiger partial charge on any atom is 0.344 e. The lowest BCUT2D eigenvalue weighted by molar-refractivity contribution is 0.0697. The minimum Gasteiger partial charge on any atom is -0.487 e. The molecule has 4 rings (SSSR count). The fourth-order valence-corrected chi connectivity index (χ4v) is 3.31. The van der Waals surface area contributed by atoms with E-state index in [2.05, 4.69) is 34.0 Å². The van der Waals surface area contributed by atoms with Crippen LogP contribution in [-0.2, 0) is 6.61 Å². The van der Waals surface area contributed by atoms with Crippen LogP contribution in [0.3, 0.4) is 0 Å². The zero-order chi connectivity index (χ0) is 23.2. The summed E-state index contributed by atoms with van der Waals surface area (Å²) in [7, 11) is 1.67. The number of fused-ring (bicyclic) bond motifs is 1. The number of aromatic carboxylic acids is 1. The Hall–Kier alpha value is -4.63. The average Bonchev–Trinajstić information content (AvgIpc) is 2.83. The second kappa shape index (κ2) is 9.67. The lowest BCUT2D eigenvalue weighted by Gasteiger charge is -2.14. The van der Waals surface area contributed by atoms with Crippen molar-refractivity contribution >= 4 is 47.2 Å². The summed E-state index contributed by atoms with van der Waals surface area (Å²) in [4.78, 5) is 20.1. The number of anilines is 2. The molecule has 1 heterocycles. The number of aliphatic imine (C=N–C) groups is 1. The molecule has 0 radical (unpaired) electrons. The van der Waals surface area contributed by atoms with E-state index in [1.54, 1.807) is 19.3 Å². The van der Waals surface area contributed by atoms with Gasteiger partial charge in [-0.05, 0) is 35.1 Å². The Labute approximate surface area is 191 Å². The van der Waals surface area contributed by atoms with Gasteiger partial charge < -0.3 is 15.2 Å². The van der Waals surface area contributed by atoms with Crippen molar-refractivity contribution in [2.24, 2.45) is 4.99 Å². The molecule has 2 N–H and O–H groups in total. The summed E-state index contributed by atoms with van der Waals surface area (Å²) < 4.78 is 6.05. The topological polar surface area (TPSA) is 83.8 Å². The number of carboxylic acids is 1. The van der Waals surface area contributed by atoms with Crippen LogP contribution in [0.1, 0.15) is 15.9 Å². The maximum atomic E-state index is 11.4. The van der Waals surface area contributed by atoms with Crippen LogP contribution >= 0.6 is 0 Å². The lowest BCUT2D eigenvalue weighted by Crippen LogP contribution is -2.28. The van der Waals surface area contributed by atoms with Gasteiger partial charge >= 0.3 is 5.97 Å². The third-order valence-corrected chi connectivity index (χ3v) is 4.97. The SMILES string of the molecule is C=c1/c(=C\C=N/C)c(Nc2ccccc2OCc2ccccc2)nc2cc(C(=O)O)c#cc12. The molecule has 6 nitrogen and oxygen atoms in total. The number of rotatable bonds is 7. The monoisotopic (exact) mass is 435 g/mol. The summed E-state index contributed by atoms with van der Waals surface area (Å²) in [6.45, 7) is 4.59. The number of nitrogens with zero attached hydrogens (tertiary/aromatic N) is 2. The normalized spacial score (nSPS) is 11.5. The third-order valence-electron chi connectivity index (χ3n) is 4.97. The zero-order valence-corrected chi connectivity index (χ0v) is 18.0. The Morgan fingerprint density at radius 3 is 2.70 bits per heavy atom.